The first-order chi connectivity index (χ1) is 14.0. The molecule has 0 saturated carbocycles. The predicted octanol–water partition coefficient (Wildman–Crippen LogP) is 1.13. The van der Waals surface area contributed by atoms with Crippen molar-refractivity contribution in [3.05, 3.63) is 39.3 Å². The van der Waals surface area contributed by atoms with E-state index >= 15 is 0 Å². The maximum Gasteiger partial charge on any atom is 0.255 e. The molecule has 8 heteroatoms. The van der Waals surface area contributed by atoms with E-state index in [4.69, 9.17) is 9.72 Å². The van der Waals surface area contributed by atoms with E-state index in [2.05, 4.69) is 30.5 Å². The van der Waals surface area contributed by atoms with Gasteiger partial charge in [-0.25, -0.2) is 9.97 Å². The van der Waals surface area contributed by atoms with Crippen LogP contribution in [0.2, 0.25) is 0 Å². The van der Waals surface area contributed by atoms with E-state index in [1.165, 1.54) is 0 Å². The maximum absolute atomic E-state index is 12.8. The van der Waals surface area contributed by atoms with Gasteiger partial charge in [0.1, 0.15) is 5.82 Å². The minimum Gasteiger partial charge on any atom is -0.378 e. The maximum atomic E-state index is 12.8. The van der Waals surface area contributed by atoms with Crippen LogP contribution >= 0.6 is 0 Å². The number of aromatic amines is 1. The number of hydrogen-bond donors (Lipinski definition) is 1. The Morgan fingerprint density at radius 2 is 1.90 bits per heavy atom. The fourth-order valence-electron chi connectivity index (χ4n) is 5.13. The Balaban J connectivity index is 1.34. The third kappa shape index (κ3) is 3.38. The van der Waals surface area contributed by atoms with Crippen molar-refractivity contribution in [1.29, 1.82) is 0 Å². The highest BCUT2D eigenvalue weighted by molar-refractivity contribution is 5.40. The molecule has 3 aliphatic rings. The Morgan fingerprint density at radius 3 is 2.59 bits per heavy atom. The molecule has 2 aliphatic heterocycles. The second kappa shape index (κ2) is 7.25. The molecular formula is C21H30N6O2. The molecular weight excluding hydrogens is 368 g/mol. The van der Waals surface area contributed by atoms with Crippen molar-refractivity contribution in [3.8, 4) is 0 Å². The number of ether oxygens (including phenoxy) is 1. The molecule has 0 amide bonds. The van der Waals surface area contributed by atoms with Crippen LogP contribution in [0.3, 0.4) is 0 Å². The SMILES string of the molecule is Cc1nc(CN2CCC3(CCc4c3nc(N3CCOCC3)[nH]c4=O)CC2)cn1C. The molecule has 1 N–H and O–H groups in total. The minimum absolute atomic E-state index is 0.0553. The molecule has 156 valence electrons. The molecule has 1 aliphatic carbocycles. The predicted molar refractivity (Wildman–Crippen MR) is 110 cm³/mol. The summed E-state index contributed by atoms with van der Waals surface area (Å²) in [7, 11) is 2.04. The average molecular weight is 399 g/mol. The minimum atomic E-state index is 0.0553. The molecule has 0 atom stereocenters. The normalized spacial score (nSPS) is 21.7. The molecule has 5 rings (SSSR count). The lowest BCUT2D eigenvalue weighted by Crippen LogP contribution is -2.43. The van der Waals surface area contributed by atoms with Gasteiger partial charge in [-0.2, -0.15) is 0 Å². The number of likely N-dealkylation sites (tertiary alicyclic amines) is 1. The number of nitrogens with zero attached hydrogens (tertiary/aromatic N) is 5. The van der Waals surface area contributed by atoms with Crippen molar-refractivity contribution in [2.45, 2.75) is 44.6 Å². The standard InChI is InChI=1S/C21H30N6O2/c1-15-22-16(13-25(15)2)14-26-7-5-21(6-8-26)4-3-17-18(21)23-20(24-19(17)28)27-9-11-29-12-10-27/h13H,3-12,14H2,1-2H3,(H,23,24,28). The highest BCUT2D eigenvalue weighted by Crippen LogP contribution is 2.44. The Bertz CT molecular complexity index is 931. The molecule has 1 spiro atoms. The van der Waals surface area contributed by atoms with Crippen molar-refractivity contribution in [1.82, 2.24) is 24.4 Å². The van der Waals surface area contributed by atoms with Gasteiger partial charge in [-0.05, 0) is 45.7 Å². The Kier molecular flexibility index (Phi) is 4.70. The molecule has 2 aromatic heterocycles. The fraction of sp³-hybridized carbons (Fsp3) is 0.667. The number of aryl methyl sites for hydroxylation is 2. The zero-order chi connectivity index (χ0) is 20.0. The van der Waals surface area contributed by atoms with E-state index in [1.54, 1.807) is 0 Å². The number of hydrogen-bond acceptors (Lipinski definition) is 6. The van der Waals surface area contributed by atoms with Crippen LogP contribution in [-0.4, -0.2) is 63.8 Å². The molecule has 0 bridgehead atoms. The lowest BCUT2D eigenvalue weighted by Gasteiger charge is -2.39. The summed E-state index contributed by atoms with van der Waals surface area (Å²) in [5, 5.41) is 0. The van der Waals surface area contributed by atoms with Crippen molar-refractivity contribution in [3.63, 3.8) is 0 Å². The fourth-order valence-corrected chi connectivity index (χ4v) is 5.13. The van der Waals surface area contributed by atoms with Crippen molar-refractivity contribution < 1.29 is 4.74 Å². The third-order valence-corrected chi connectivity index (χ3v) is 7.03. The first kappa shape index (κ1) is 18.8. The Hall–Kier alpha value is -2.19. The van der Waals surface area contributed by atoms with Gasteiger partial charge in [-0.15, -0.1) is 0 Å². The number of rotatable bonds is 3. The smallest absolute Gasteiger partial charge is 0.255 e. The average Bonchev–Trinajstić information content (AvgIpc) is 3.24. The summed E-state index contributed by atoms with van der Waals surface area (Å²) in [6.45, 7) is 7.93. The topological polar surface area (TPSA) is 79.3 Å². The molecule has 4 heterocycles. The largest absolute Gasteiger partial charge is 0.378 e. The first-order valence-corrected chi connectivity index (χ1v) is 10.7. The van der Waals surface area contributed by atoms with Gasteiger partial charge in [-0.3, -0.25) is 14.7 Å². The summed E-state index contributed by atoms with van der Waals surface area (Å²) in [4.78, 5) is 30.1. The number of aromatic nitrogens is 4. The molecule has 2 fully saturated rings. The summed E-state index contributed by atoms with van der Waals surface area (Å²) in [6.07, 6.45) is 6.14. The van der Waals surface area contributed by atoms with Crippen LogP contribution in [0.5, 0.6) is 0 Å². The Morgan fingerprint density at radius 1 is 1.14 bits per heavy atom. The van der Waals surface area contributed by atoms with E-state index in [0.29, 0.717) is 13.2 Å². The molecule has 0 aromatic carbocycles. The van der Waals surface area contributed by atoms with Gasteiger partial charge < -0.3 is 14.2 Å². The molecule has 8 nitrogen and oxygen atoms in total. The van der Waals surface area contributed by atoms with E-state index < -0.39 is 0 Å². The van der Waals surface area contributed by atoms with Gasteiger partial charge in [0.15, 0.2) is 0 Å². The number of piperidine rings is 1. The zero-order valence-corrected chi connectivity index (χ0v) is 17.4. The summed E-state index contributed by atoms with van der Waals surface area (Å²) >= 11 is 0. The number of morpholine rings is 1. The Labute approximate surface area is 170 Å². The van der Waals surface area contributed by atoms with Gasteiger partial charge in [0, 0.05) is 43.9 Å². The number of imidazole rings is 1. The summed E-state index contributed by atoms with van der Waals surface area (Å²) < 4.78 is 7.53. The van der Waals surface area contributed by atoms with Crippen molar-refractivity contribution >= 4 is 5.95 Å². The van der Waals surface area contributed by atoms with Gasteiger partial charge in [0.25, 0.3) is 5.56 Å². The number of H-pyrrole nitrogens is 1. The van der Waals surface area contributed by atoms with E-state index in [-0.39, 0.29) is 11.0 Å². The molecule has 2 saturated heterocycles. The van der Waals surface area contributed by atoms with E-state index in [1.807, 2.05) is 14.0 Å². The van der Waals surface area contributed by atoms with Crippen LogP contribution < -0.4 is 10.5 Å². The number of nitrogens with one attached hydrogen (secondary N) is 1. The quantitative estimate of drug-likeness (QED) is 0.835. The summed E-state index contributed by atoms with van der Waals surface area (Å²) in [5.74, 6) is 1.78. The summed E-state index contributed by atoms with van der Waals surface area (Å²) in [6, 6.07) is 0. The van der Waals surface area contributed by atoms with Crippen molar-refractivity contribution in [2.24, 2.45) is 7.05 Å². The van der Waals surface area contributed by atoms with Gasteiger partial charge in [0.2, 0.25) is 5.95 Å². The van der Waals surface area contributed by atoms with Crippen LogP contribution in [0.4, 0.5) is 5.95 Å². The molecule has 0 radical (unpaired) electrons. The second-order valence-electron chi connectivity index (χ2n) is 8.76. The molecule has 2 aromatic rings. The van der Waals surface area contributed by atoms with Crippen molar-refractivity contribution in [2.75, 3.05) is 44.3 Å². The monoisotopic (exact) mass is 398 g/mol. The molecule has 29 heavy (non-hydrogen) atoms. The van der Waals surface area contributed by atoms with Crippen LogP contribution in [0.25, 0.3) is 0 Å². The number of fused-ring (bicyclic) bond motifs is 2. The molecule has 0 unspecified atom stereocenters. The summed E-state index contributed by atoms with van der Waals surface area (Å²) in [5.41, 5.74) is 3.23. The van der Waals surface area contributed by atoms with E-state index in [9.17, 15) is 4.79 Å². The van der Waals surface area contributed by atoms with Crippen LogP contribution in [0.1, 0.15) is 42.0 Å². The highest BCUT2D eigenvalue weighted by Gasteiger charge is 2.44. The lowest BCUT2D eigenvalue weighted by molar-refractivity contribution is 0.121. The zero-order valence-electron chi connectivity index (χ0n) is 17.4. The lowest BCUT2D eigenvalue weighted by atomic mass is 9.76. The van der Waals surface area contributed by atoms with Gasteiger partial charge >= 0.3 is 0 Å². The number of anilines is 1. The van der Waals surface area contributed by atoms with E-state index in [0.717, 1.165) is 87.1 Å². The van der Waals surface area contributed by atoms with Gasteiger partial charge in [0.05, 0.1) is 24.6 Å². The second-order valence-corrected chi connectivity index (χ2v) is 8.76. The van der Waals surface area contributed by atoms with Crippen LogP contribution in [-0.2, 0) is 30.2 Å². The van der Waals surface area contributed by atoms with Gasteiger partial charge in [-0.1, -0.05) is 0 Å². The first-order valence-electron chi connectivity index (χ1n) is 10.7. The highest BCUT2D eigenvalue weighted by atomic mass is 16.5. The van der Waals surface area contributed by atoms with Crippen LogP contribution in [0.15, 0.2) is 11.0 Å². The van der Waals surface area contributed by atoms with Crippen LogP contribution in [0, 0.1) is 6.92 Å². The third-order valence-electron chi connectivity index (χ3n) is 7.03.